The predicted molar refractivity (Wildman–Crippen MR) is 73.5 cm³/mol. The molecule has 20 heavy (non-hydrogen) atoms. The van der Waals surface area contributed by atoms with Gasteiger partial charge in [0, 0.05) is 24.9 Å². The van der Waals surface area contributed by atoms with E-state index in [0.29, 0.717) is 17.3 Å². The van der Waals surface area contributed by atoms with Crippen molar-refractivity contribution in [1.82, 2.24) is 9.78 Å². The van der Waals surface area contributed by atoms with E-state index in [1.807, 2.05) is 0 Å². The van der Waals surface area contributed by atoms with Gasteiger partial charge in [0.1, 0.15) is 11.6 Å². The van der Waals surface area contributed by atoms with Gasteiger partial charge in [-0.25, -0.2) is 0 Å². The first-order valence-electron chi connectivity index (χ1n) is 5.84. The molecule has 2 rings (SSSR count). The molecule has 0 aliphatic carbocycles. The largest absolute Gasteiger partial charge is 0.497 e. The number of amides is 2. The molecule has 104 valence electrons. The lowest BCUT2D eigenvalue weighted by molar-refractivity contribution is -0.133. The molecule has 7 nitrogen and oxygen atoms in total. The highest BCUT2D eigenvalue weighted by Crippen LogP contribution is 2.16. The summed E-state index contributed by atoms with van der Waals surface area (Å²) in [6, 6.07) is 8.34. The highest BCUT2D eigenvalue weighted by molar-refractivity contribution is 6.43. The molecule has 2 amide bonds. The SMILES string of the molecule is COc1cccc(NC(=O)C(=O)Nc2ccnn2C)c1. The second-order valence-electron chi connectivity index (χ2n) is 3.98. The van der Waals surface area contributed by atoms with Gasteiger partial charge in [0.25, 0.3) is 0 Å². The van der Waals surface area contributed by atoms with E-state index in [1.54, 1.807) is 37.4 Å². The number of nitrogens with zero attached hydrogens (tertiary/aromatic N) is 2. The summed E-state index contributed by atoms with van der Waals surface area (Å²) in [6.07, 6.45) is 1.52. The molecular formula is C13H14N4O3. The Bertz CT molecular complexity index is 636. The van der Waals surface area contributed by atoms with E-state index < -0.39 is 11.8 Å². The molecule has 0 unspecified atom stereocenters. The van der Waals surface area contributed by atoms with Crippen LogP contribution < -0.4 is 15.4 Å². The zero-order chi connectivity index (χ0) is 14.5. The minimum atomic E-state index is -0.767. The summed E-state index contributed by atoms with van der Waals surface area (Å²) in [4.78, 5) is 23.5. The maximum Gasteiger partial charge on any atom is 0.315 e. The lowest BCUT2D eigenvalue weighted by Gasteiger charge is -2.07. The van der Waals surface area contributed by atoms with Gasteiger partial charge in [-0.1, -0.05) is 6.07 Å². The van der Waals surface area contributed by atoms with E-state index in [-0.39, 0.29) is 0 Å². The van der Waals surface area contributed by atoms with Crippen LogP contribution in [0.3, 0.4) is 0 Å². The van der Waals surface area contributed by atoms with E-state index in [9.17, 15) is 9.59 Å². The van der Waals surface area contributed by atoms with Gasteiger partial charge in [0.15, 0.2) is 0 Å². The summed E-state index contributed by atoms with van der Waals surface area (Å²) in [5, 5.41) is 8.83. The lowest BCUT2D eigenvalue weighted by Crippen LogP contribution is -2.29. The number of ether oxygens (including phenoxy) is 1. The van der Waals surface area contributed by atoms with Crippen LogP contribution in [0.15, 0.2) is 36.5 Å². The predicted octanol–water partition coefficient (Wildman–Crippen LogP) is 1.01. The Labute approximate surface area is 115 Å². The van der Waals surface area contributed by atoms with Crippen molar-refractivity contribution in [3.63, 3.8) is 0 Å². The van der Waals surface area contributed by atoms with Gasteiger partial charge in [-0.2, -0.15) is 5.10 Å². The number of hydrogen-bond donors (Lipinski definition) is 2. The van der Waals surface area contributed by atoms with Gasteiger partial charge in [-0.05, 0) is 12.1 Å². The molecule has 0 spiro atoms. The molecule has 1 heterocycles. The van der Waals surface area contributed by atoms with Crippen molar-refractivity contribution in [3.8, 4) is 5.75 Å². The van der Waals surface area contributed by atoms with Gasteiger partial charge in [-0.15, -0.1) is 0 Å². The van der Waals surface area contributed by atoms with Crippen LogP contribution in [0.4, 0.5) is 11.5 Å². The summed E-state index contributed by atoms with van der Waals surface area (Å²) < 4.78 is 6.49. The van der Waals surface area contributed by atoms with Crippen molar-refractivity contribution in [2.75, 3.05) is 17.7 Å². The van der Waals surface area contributed by atoms with Crippen LogP contribution in [-0.4, -0.2) is 28.7 Å². The van der Waals surface area contributed by atoms with E-state index in [1.165, 1.54) is 18.0 Å². The Morgan fingerprint density at radius 2 is 1.95 bits per heavy atom. The van der Waals surface area contributed by atoms with Crippen LogP contribution >= 0.6 is 0 Å². The normalized spacial score (nSPS) is 9.90. The average molecular weight is 274 g/mol. The Kier molecular flexibility index (Phi) is 3.99. The number of carbonyl (C=O) groups excluding carboxylic acids is 2. The molecule has 0 saturated carbocycles. The summed E-state index contributed by atoms with van der Waals surface area (Å²) in [5.74, 6) is -0.499. The zero-order valence-corrected chi connectivity index (χ0v) is 11.1. The van der Waals surface area contributed by atoms with Gasteiger partial charge >= 0.3 is 11.8 Å². The minimum Gasteiger partial charge on any atom is -0.497 e. The molecule has 0 aliphatic rings. The van der Waals surface area contributed by atoms with E-state index >= 15 is 0 Å². The first kappa shape index (κ1) is 13.6. The minimum absolute atomic E-state index is 0.441. The molecule has 2 N–H and O–H groups in total. The number of aromatic nitrogens is 2. The average Bonchev–Trinajstić information content (AvgIpc) is 2.84. The quantitative estimate of drug-likeness (QED) is 0.818. The second kappa shape index (κ2) is 5.87. The molecule has 1 aromatic carbocycles. The molecule has 0 radical (unpaired) electrons. The number of aryl methyl sites for hydroxylation is 1. The molecule has 1 aromatic heterocycles. The number of rotatable bonds is 3. The van der Waals surface area contributed by atoms with Crippen LogP contribution in [0.2, 0.25) is 0 Å². The smallest absolute Gasteiger partial charge is 0.315 e. The van der Waals surface area contributed by atoms with Crippen molar-refractivity contribution in [2.24, 2.45) is 7.05 Å². The highest BCUT2D eigenvalue weighted by Gasteiger charge is 2.15. The monoisotopic (exact) mass is 274 g/mol. The van der Waals surface area contributed by atoms with Crippen molar-refractivity contribution in [2.45, 2.75) is 0 Å². The topological polar surface area (TPSA) is 85.2 Å². The number of hydrogen-bond acceptors (Lipinski definition) is 4. The number of benzene rings is 1. The standard InChI is InChI=1S/C13H14N4O3/c1-17-11(6-7-14-17)16-13(19)12(18)15-9-4-3-5-10(8-9)20-2/h3-8H,1-2H3,(H,15,18)(H,16,19). The van der Waals surface area contributed by atoms with Crippen LogP contribution in [0, 0.1) is 0 Å². The van der Waals surface area contributed by atoms with Gasteiger partial charge in [0.05, 0.1) is 13.3 Å². The Balaban J connectivity index is 2.00. The summed E-state index contributed by atoms with van der Waals surface area (Å²) >= 11 is 0. The Morgan fingerprint density at radius 3 is 2.60 bits per heavy atom. The maximum atomic E-state index is 11.8. The van der Waals surface area contributed by atoms with Crippen molar-refractivity contribution < 1.29 is 14.3 Å². The van der Waals surface area contributed by atoms with Crippen LogP contribution in [0.25, 0.3) is 0 Å². The van der Waals surface area contributed by atoms with Crippen LogP contribution in [-0.2, 0) is 16.6 Å². The first-order valence-corrected chi connectivity index (χ1v) is 5.84. The molecule has 0 aliphatic heterocycles. The van der Waals surface area contributed by atoms with Gasteiger partial charge in [-0.3, -0.25) is 14.3 Å². The summed E-state index contributed by atoms with van der Waals surface area (Å²) in [6.45, 7) is 0. The third-order valence-corrected chi connectivity index (χ3v) is 2.60. The molecule has 0 fully saturated rings. The first-order chi connectivity index (χ1) is 9.60. The number of nitrogens with one attached hydrogen (secondary N) is 2. The van der Waals surface area contributed by atoms with E-state index in [0.717, 1.165) is 0 Å². The van der Waals surface area contributed by atoms with Gasteiger partial charge in [0.2, 0.25) is 0 Å². The fourth-order valence-corrected chi connectivity index (χ4v) is 1.56. The molecule has 0 saturated heterocycles. The third-order valence-electron chi connectivity index (χ3n) is 2.60. The van der Waals surface area contributed by atoms with E-state index in [2.05, 4.69) is 15.7 Å². The third kappa shape index (κ3) is 3.14. The lowest BCUT2D eigenvalue weighted by atomic mass is 10.3. The molecule has 7 heteroatoms. The molecule has 0 bridgehead atoms. The maximum absolute atomic E-state index is 11.8. The van der Waals surface area contributed by atoms with Crippen molar-refractivity contribution >= 4 is 23.3 Å². The molecular weight excluding hydrogens is 260 g/mol. The fourth-order valence-electron chi connectivity index (χ4n) is 1.56. The molecule has 0 atom stereocenters. The van der Waals surface area contributed by atoms with Crippen molar-refractivity contribution in [3.05, 3.63) is 36.5 Å². The number of anilines is 2. The van der Waals surface area contributed by atoms with Gasteiger partial charge < -0.3 is 15.4 Å². The fraction of sp³-hybridized carbons (Fsp3) is 0.154. The van der Waals surface area contributed by atoms with Crippen molar-refractivity contribution in [1.29, 1.82) is 0 Å². The zero-order valence-electron chi connectivity index (χ0n) is 11.1. The van der Waals surface area contributed by atoms with E-state index in [4.69, 9.17) is 4.74 Å². The second-order valence-corrected chi connectivity index (χ2v) is 3.98. The van der Waals surface area contributed by atoms with Crippen LogP contribution in [0.5, 0.6) is 5.75 Å². The number of methoxy groups -OCH3 is 1. The van der Waals surface area contributed by atoms with Crippen LogP contribution in [0.1, 0.15) is 0 Å². The summed E-state index contributed by atoms with van der Waals surface area (Å²) in [5.41, 5.74) is 0.481. The highest BCUT2D eigenvalue weighted by atomic mass is 16.5. The Morgan fingerprint density at radius 1 is 1.20 bits per heavy atom. The molecule has 2 aromatic rings. The number of carbonyl (C=O) groups is 2. The Hall–Kier alpha value is -2.83. The summed E-state index contributed by atoms with van der Waals surface area (Å²) in [7, 11) is 3.19.